The van der Waals surface area contributed by atoms with E-state index in [1.54, 1.807) is 29.4 Å². The lowest BCUT2D eigenvalue weighted by Gasteiger charge is -2.18. The van der Waals surface area contributed by atoms with Gasteiger partial charge in [-0.25, -0.2) is 9.37 Å². The third-order valence-electron chi connectivity index (χ3n) is 4.23. The van der Waals surface area contributed by atoms with Crippen LogP contribution in [-0.2, 0) is 17.8 Å². The molecule has 0 unspecified atom stereocenters. The van der Waals surface area contributed by atoms with E-state index in [9.17, 15) is 9.18 Å². The number of aromatic nitrogens is 1. The van der Waals surface area contributed by atoms with Gasteiger partial charge in [0, 0.05) is 0 Å². The van der Waals surface area contributed by atoms with Crippen LogP contribution in [0.15, 0.2) is 65.3 Å². The van der Waals surface area contributed by atoms with Gasteiger partial charge in [0.15, 0.2) is 5.13 Å². The molecule has 2 heterocycles. The molecule has 27 heavy (non-hydrogen) atoms. The lowest BCUT2D eigenvalue weighted by molar-refractivity contribution is -0.118. The normalized spacial score (nSPS) is 11.0. The fraction of sp³-hybridized carbons (Fsp3) is 0.143. The number of rotatable bonds is 5. The lowest BCUT2D eigenvalue weighted by Crippen LogP contribution is -2.31. The smallest absolute Gasteiger partial charge is 0.233 e. The van der Waals surface area contributed by atoms with E-state index in [1.165, 1.54) is 23.5 Å². The summed E-state index contributed by atoms with van der Waals surface area (Å²) in [6, 6.07) is 15.6. The fourth-order valence-electron chi connectivity index (χ4n) is 2.83. The van der Waals surface area contributed by atoms with Crippen LogP contribution in [0.25, 0.3) is 10.2 Å². The van der Waals surface area contributed by atoms with Gasteiger partial charge in [0.25, 0.3) is 0 Å². The Labute approximate surface area is 159 Å². The molecule has 2 aromatic heterocycles. The van der Waals surface area contributed by atoms with Crippen molar-refractivity contribution in [3.63, 3.8) is 0 Å². The van der Waals surface area contributed by atoms with E-state index in [2.05, 4.69) is 11.1 Å². The molecule has 0 fully saturated rings. The third kappa shape index (κ3) is 3.90. The minimum absolute atomic E-state index is 0.117. The standard InChI is InChI=1S/C21H17FN2O2S/c1-14-4-9-18-19(11-14)27-21(23-18)24(13-17-3-2-10-26-17)20(25)12-15-5-7-16(22)8-6-15/h2-11H,12-13H2,1H3. The van der Waals surface area contributed by atoms with Crippen LogP contribution in [0.3, 0.4) is 0 Å². The van der Waals surface area contributed by atoms with Crippen molar-refractivity contribution in [2.24, 2.45) is 0 Å². The maximum Gasteiger partial charge on any atom is 0.233 e. The zero-order chi connectivity index (χ0) is 18.8. The van der Waals surface area contributed by atoms with Gasteiger partial charge < -0.3 is 4.42 Å². The Morgan fingerprint density at radius 2 is 2.00 bits per heavy atom. The molecule has 0 radical (unpaired) electrons. The molecular formula is C21H17FN2O2S. The summed E-state index contributed by atoms with van der Waals surface area (Å²) in [6.45, 7) is 2.32. The summed E-state index contributed by atoms with van der Waals surface area (Å²) in [6.07, 6.45) is 1.75. The number of furan rings is 1. The molecule has 2 aromatic carbocycles. The molecule has 0 N–H and O–H groups in total. The van der Waals surface area contributed by atoms with Crippen LogP contribution in [0.5, 0.6) is 0 Å². The highest BCUT2D eigenvalue weighted by atomic mass is 32.1. The number of hydrogen-bond acceptors (Lipinski definition) is 4. The van der Waals surface area contributed by atoms with Crippen molar-refractivity contribution in [2.45, 2.75) is 19.9 Å². The van der Waals surface area contributed by atoms with Gasteiger partial charge in [-0.3, -0.25) is 9.69 Å². The quantitative estimate of drug-likeness (QED) is 0.483. The van der Waals surface area contributed by atoms with Crippen molar-refractivity contribution in [1.82, 2.24) is 4.98 Å². The second-order valence-electron chi connectivity index (χ2n) is 6.33. The molecule has 136 valence electrons. The Kier molecular flexibility index (Phi) is 4.73. The second kappa shape index (κ2) is 7.32. The Bertz CT molecular complexity index is 1070. The van der Waals surface area contributed by atoms with Crippen LogP contribution in [0.1, 0.15) is 16.9 Å². The Balaban J connectivity index is 1.66. The molecule has 0 atom stereocenters. The predicted octanol–water partition coefficient (Wildman–Crippen LogP) is 5.11. The molecule has 4 rings (SSSR count). The van der Waals surface area contributed by atoms with E-state index >= 15 is 0 Å². The van der Waals surface area contributed by atoms with Crippen LogP contribution >= 0.6 is 11.3 Å². The number of anilines is 1. The molecule has 0 aliphatic heterocycles. The van der Waals surface area contributed by atoms with E-state index in [1.807, 2.05) is 25.1 Å². The number of thiazole rings is 1. The first-order valence-corrected chi connectivity index (χ1v) is 9.34. The predicted molar refractivity (Wildman–Crippen MR) is 104 cm³/mol. The van der Waals surface area contributed by atoms with Crippen molar-refractivity contribution in [2.75, 3.05) is 4.90 Å². The third-order valence-corrected chi connectivity index (χ3v) is 5.27. The summed E-state index contributed by atoms with van der Waals surface area (Å²) in [5.41, 5.74) is 2.76. The van der Waals surface area contributed by atoms with Crippen molar-refractivity contribution in [3.8, 4) is 0 Å². The summed E-state index contributed by atoms with van der Waals surface area (Å²) in [5.74, 6) is 0.242. The Morgan fingerprint density at radius 1 is 1.19 bits per heavy atom. The second-order valence-corrected chi connectivity index (χ2v) is 7.34. The van der Waals surface area contributed by atoms with Gasteiger partial charge >= 0.3 is 0 Å². The molecular weight excluding hydrogens is 363 g/mol. The molecule has 0 aliphatic rings. The minimum atomic E-state index is -0.319. The van der Waals surface area contributed by atoms with E-state index in [0.717, 1.165) is 21.3 Å². The SMILES string of the molecule is Cc1ccc2nc(N(Cc3ccco3)C(=O)Cc3ccc(F)cc3)sc2c1. The van der Waals surface area contributed by atoms with Gasteiger partial charge in [-0.1, -0.05) is 29.5 Å². The van der Waals surface area contributed by atoms with Gasteiger partial charge in [-0.05, 0) is 54.4 Å². The molecule has 0 spiro atoms. The average molecular weight is 380 g/mol. The first kappa shape index (κ1) is 17.4. The van der Waals surface area contributed by atoms with E-state index < -0.39 is 0 Å². The van der Waals surface area contributed by atoms with Crippen LogP contribution in [0.2, 0.25) is 0 Å². The molecule has 6 heteroatoms. The highest BCUT2D eigenvalue weighted by Crippen LogP contribution is 2.31. The summed E-state index contributed by atoms with van der Waals surface area (Å²) >= 11 is 1.48. The average Bonchev–Trinajstić information content (AvgIpc) is 3.30. The van der Waals surface area contributed by atoms with Crippen molar-refractivity contribution in [1.29, 1.82) is 0 Å². The summed E-state index contributed by atoms with van der Waals surface area (Å²) in [4.78, 5) is 19.3. The van der Waals surface area contributed by atoms with Crippen molar-refractivity contribution >= 4 is 32.6 Å². The van der Waals surface area contributed by atoms with E-state index in [0.29, 0.717) is 17.4 Å². The maximum atomic E-state index is 13.1. The number of aryl methyl sites for hydroxylation is 1. The minimum Gasteiger partial charge on any atom is -0.467 e. The summed E-state index contributed by atoms with van der Waals surface area (Å²) < 4.78 is 19.6. The number of carbonyl (C=O) groups is 1. The zero-order valence-electron chi connectivity index (χ0n) is 14.7. The number of benzene rings is 2. The largest absolute Gasteiger partial charge is 0.467 e. The van der Waals surface area contributed by atoms with Crippen LogP contribution in [0, 0.1) is 12.7 Å². The lowest BCUT2D eigenvalue weighted by atomic mass is 10.1. The van der Waals surface area contributed by atoms with Gasteiger partial charge in [-0.15, -0.1) is 0 Å². The number of nitrogens with zero attached hydrogens (tertiary/aromatic N) is 2. The van der Waals surface area contributed by atoms with Crippen molar-refractivity contribution < 1.29 is 13.6 Å². The molecule has 0 saturated carbocycles. The van der Waals surface area contributed by atoms with Crippen molar-refractivity contribution in [3.05, 3.63) is 83.6 Å². The Morgan fingerprint density at radius 3 is 2.74 bits per heavy atom. The van der Waals surface area contributed by atoms with E-state index in [4.69, 9.17) is 4.42 Å². The van der Waals surface area contributed by atoms with Gasteiger partial charge in [-0.2, -0.15) is 0 Å². The first-order chi connectivity index (χ1) is 13.1. The number of hydrogen-bond donors (Lipinski definition) is 0. The van der Waals surface area contributed by atoms with Crippen LogP contribution in [0.4, 0.5) is 9.52 Å². The van der Waals surface area contributed by atoms with Gasteiger partial charge in [0.1, 0.15) is 11.6 Å². The number of carbonyl (C=O) groups excluding carboxylic acids is 1. The zero-order valence-corrected chi connectivity index (χ0v) is 15.5. The molecule has 0 saturated heterocycles. The summed E-state index contributed by atoms with van der Waals surface area (Å²) in [5, 5.41) is 0.624. The molecule has 0 aliphatic carbocycles. The monoisotopic (exact) mass is 380 g/mol. The molecule has 0 bridgehead atoms. The number of halogens is 1. The number of fused-ring (bicyclic) bond motifs is 1. The van der Waals surface area contributed by atoms with Crippen LogP contribution < -0.4 is 4.90 Å². The highest BCUT2D eigenvalue weighted by molar-refractivity contribution is 7.22. The fourth-order valence-corrected chi connectivity index (χ4v) is 3.91. The topological polar surface area (TPSA) is 46.3 Å². The van der Waals surface area contributed by atoms with Crippen LogP contribution in [-0.4, -0.2) is 10.9 Å². The molecule has 1 amide bonds. The summed E-state index contributed by atoms with van der Waals surface area (Å²) in [7, 11) is 0. The molecule has 4 nitrogen and oxygen atoms in total. The molecule has 4 aromatic rings. The Hall–Kier alpha value is -2.99. The first-order valence-electron chi connectivity index (χ1n) is 8.53. The number of amides is 1. The van der Waals surface area contributed by atoms with E-state index in [-0.39, 0.29) is 18.1 Å². The van der Waals surface area contributed by atoms with Gasteiger partial charge in [0.2, 0.25) is 5.91 Å². The maximum absolute atomic E-state index is 13.1. The highest BCUT2D eigenvalue weighted by Gasteiger charge is 2.21. The van der Waals surface area contributed by atoms with Gasteiger partial charge in [0.05, 0.1) is 29.4 Å².